The molecule has 3 atom stereocenters. The third-order valence-corrected chi connectivity index (χ3v) is 5.79. The molecule has 2 N–H and O–H groups in total. The Kier molecular flexibility index (Phi) is 11.4. The van der Waals surface area contributed by atoms with Gasteiger partial charge in [-0.1, -0.05) is 42.5 Å². The predicted octanol–water partition coefficient (Wildman–Crippen LogP) is 2.79. The van der Waals surface area contributed by atoms with Crippen LogP contribution in [0.5, 0.6) is 0 Å². The molecule has 1 aromatic carbocycles. The zero-order chi connectivity index (χ0) is 24.1. The van der Waals surface area contributed by atoms with E-state index in [-0.39, 0.29) is 49.9 Å². The van der Waals surface area contributed by atoms with Gasteiger partial charge in [0.05, 0.1) is 24.6 Å². The van der Waals surface area contributed by atoms with E-state index in [0.717, 1.165) is 18.4 Å². The summed E-state index contributed by atoms with van der Waals surface area (Å²) in [6.45, 7) is 7.89. The van der Waals surface area contributed by atoms with Gasteiger partial charge in [-0.3, -0.25) is 14.4 Å². The lowest BCUT2D eigenvalue weighted by Crippen LogP contribution is -2.45. The van der Waals surface area contributed by atoms with Crippen molar-refractivity contribution in [2.75, 3.05) is 19.8 Å². The van der Waals surface area contributed by atoms with E-state index < -0.39 is 12.0 Å². The lowest BCUT2D eigenvalue weighted by molar-refractivity contribution is -0.148. The number of hydrogen-bond acceptors (Lipinski definition) is 5. The van der Waals surface area contributed by atoms with Crippen LogP contribution in [0.4, 0.5) is 0 Å². The monoisotopic (exact) mass is 456 g/mol. The lowest BCUT2D eigenvalue weighted by atomic mass is 9.98. The van der Waals surface area contributed by atoms with Crippen molar-refractivity contribution in [2.45, 2.75) is 57.0 Å². The first kappa shape index (κ1) is 26.3. The molecule has 0 radical (unpaired) electrons. The molecule has 2 amide bonds. The number of nitrogens with one attached hydrogen (secondary N) is 1. The second-order valence-corrected chi connectivity index (χ2v) is 8.40. The Bertz CT molecular complexity index is 795. The van der Waals surface area contributed by atoms with E-state index >= 15 is 0 Å². The van der Waals surface area contributed by atoms with Gasteiger partial charge in [0.1, 0.15) is 6.61 Å². The average Bonchev–Trinajstić information content (AvgIpc) is 3.29. The van der Waals surface area contributed by atoms with Crippen molar-refractivity contribution in [1.29, 1.82) is 0 Å². The molecule has 1 aliphatic rings. The molecule has 1 saturated heterocycles. The van der Waals surface area contributed by atoms with Crippen molar-refractivity contribution in [1.82, 2.24) is 10.2 Å². The normalized spacial score (nSPS) is 17.1. The maximum atomic E-state index is 13.2. The van der Waals surface area contributed by atoms with Crippen LogP contribution in [0.1, 0.15) is 44.1 Å². The summed E-state index contributed by atoms with van der Waals surface area (Å²) in [5, 5.41) is 12.5. The van der Waals surface area contributed by atoms with Crippen LogP contribution in [0.25, 0.3) is 0 Å². The quantitative estimate of drug-likeness (QED) is 0.332. The first-order valence-corrected chi connectivity index (χ1v) is 11.6. The number of carbonyl (C=O) groups excluding carboxylic acids is 3. The van der Waals surface area contributed by atoms with Crippen molar-refractivity contribution in [3.05, 3.63) is 61.2 Å². The summed E-state index contributed by atoms with van der Waals surface area (Å²) in [7, 11) is 0. The van der Waals surface area contributed by atoms with Crippen molar-refractivity contribution in [3.63, 3.8) is 0 Å². The minimum absolute atomic E-state index is 0.0124. The fraction of sp³-hybridized carbons (Fsp3) is 0.500. The largest absolute Gasteiger partial charge is 0.463 e. The van der Waals surface area contributed by atoms with Crippen LogP contribution < -0.4 is 5.32 Å². The summed E-state index contributed by atoms with van der Waals surface area (Å²) >= 11 is 0. The van der Waals surface area contributed by atoms with Gasteiger partial charge in [0.2, 0.25) is 11.8 Å². The zero-order valence-electron chi connectivity index (χ0n) is 19.3. The number of nitrogens with zero attached hydrogens (tertiary/aromatic N) is 1. The molecule has 0 aromatic heterocycles. The van der Waals surface area contributed by atoms with Gasteiger partial charge in [-0.15, -0.1) is 13.2 Å². The summed E-state index contributed by atoms with van der Waals surface area (Å²) in [5.74, 6) is -1.25. The van der Waals surface area contributed by atoms with E-state index in [9.17, 15) is 19.5 Å². The fourth-order valence-corrected chi connectivity index (χ4v) is 4.06. The number of carbonyl (C=O) groups is 3. The first-order valence-electron chi connectivity index (χ1n) is 11.6. The van der Waals surface area contributed by atoms with Crippen LogP contribution in [0.15, 0.2) is 55.6 Å². The number of ether oxygens (including phenoxy) is 1. The number of aliphatic hydroxyl groups is 1. The highest BCUT2D eigenvalue weighted by Gasteiger charge is 2.34. The summed E-state index contributed by atoms with van der Waals surface area (Å²) in [4.78, 5) is 39.5. The lowest BCUT2D eigenvalue weighted by Gasteiger charge is -2.28. The van der Waals surface area contributed by atoms with Crippen molar-refractivity contribution >= 4 is 17.8 Å². The maximum Gasteiger partial charge on any atom is 0.306 e. The van der Waals surface area contributed by atoms with Crippen LogP contribution in [-0.2, 0) is 25.5 Å². The van der Waals surface area contributed by atoms with E-state index in [4.69, 9.17) is 4.74 Å². The number of esters is 1. The highest BCUT2D eigenvalue weighted by molar-refractivity contribution is 5.86. The smallest absolute Gasteiger partial charge is 0.306 e. The molecule has 180 valence electrons. The van der Waals surface area contributed by atoms with Crippen molar-refractivity contribution in [2.24, 2.45) is 5.92 Å². The summed E-state index contributed by atoms with van der Waals surface area (Å²) < 4.78 is 5.35. The Morgan fingerprint density at radius 3 is 2.64 bits per heavy atom. The number of benzene rings is 1. The van der Waals surface area contributed by atoms with Crippen LogP contribution in [0, 0.1) is 5.92 Å². The molecule has 0 aliphatic carbocycles. The first-order chi connectivity index (χ1) is 16.0. The molecule has 0 spiro atoms. The molecular weight excluding hydrogens is 420 g/mol. The number of amides is 2. The van der Waals surface area contributed by atoms with Gasteiger partial charge in [0.25, 0.3) is 0 Å². The van der Waals surface area contributed by atoms with Gasteiger partial charge in [-0.25, -0.2) is 0 Å². The molecule has 1 aliphatic heterocycles. The summed E-state index contributed by atoms with van der Waals surface area (Å²) in [5.41, 5.74) is 1.01. The fourth-order valence-electron chi connectivity index (χ4n) is 4.06. The minimum atomic E-state index is -0.546. The van der Waals surface area contributed by atoms with Crippen LogP contribution in [0.3, 0.4) is 0 Å². The zero-order valence-corrected chi connectivity index (χ0v) is 19.3. The van der Waals surface area contributed by atoms with Crippen molar-refractivity contribution < 1.29 is 24.2 Å². The summed E-state index contributed by atoms with van der Waals surface area (Å²) in [6.07, 6.45) is 6.63. The van der Waals surface area contributed by atoms with Gasteiger partial charge in [0.15, 0.2) is 0 Å². The van der Waals surface area contributed by atoms with Gasteiger partial charge in [0, 0.05) is 19.4 Å². The molecular formula is C26H36N2O5. The van der Waals surface area contributed by atoms with Gasteiger partial charge in [-0.2, -0.15) is 0 Å². The second-order valence-electron chi connectivity index (χ2n) is 8.40. The minimum Gasteiger partial charge on any atom is -0.463 e. The van der Waals surface area contributed by atoms with Crippen LogP contribution in [-0.4, -0.2) is 59.6 Å². The predicted molar refractivity (Wildman–Crippen MR) is 127 cm³/mol. The molecule has 7 nitrogen and oxygen atoms in total. The molecule has 1 aromatic rings. The Hall–Kier alpha value is -2.93. The molecule has 2 rings (SSSR count). The average molecular weight is 457 g/mol. The summed E-state index contributed by atoms with van der Waals surface area (Å²) in [6, 6.07) is 9.02. The number of likely N-dealkylation sites (tertiary alicyclic amines) is 1. The third-order valence-electron chi connectivity index (χ3n) is 5.79. The van der Waals surface area contributed by atoms with E-state index in [1.807, 2.05) is 30.3 Å². The topological polar surface area (TPSA) is 95.9 Å². The molecule has 7 heteroatoms. The van der Waals surface area contributed by atoms with E-state index in [1.165, 1.54) is 0 Å². The molecule has 33 heavy (non-hydrogen) atoms. The van der Waals surface area contributed by atoms with Gasteiger partial charge >= 0.3 is 5.97 Å². The Balaban J connectivity index is 1.93. The molecule has 1 heterocycles. The highest BCUT2D eigenvalue weighted by Crippen LogP contribution is 2.23. The number of aliphatic hydroxyl groups excluding tert-OH is 1. The van der Waals surface area contributed by atoms with E-state index in [0.29, 0.717) is 25.8 Å². The highest BCUT2D eigenvalue weighted by atomic mass is 16.5. The van der Waals surface area contributed by atoms with Gasteiger partial charge in [-0.05, 0) is 37.7 Å². The van der Waals surface area contributed by atoms with Crippen LogP contribution >= 0.6 is 0 Å². The third kappa shape index (κ3) is 8.85. The SMILES string of the molecule is C=CCCC(=O)OC[C@@H]1CCCN1C(=O)[C@H](CC=C)CC(=O)N[C@@H](CO)Cc1ccccc1. The number of rotatable bonds is 14. The molecule has 0 bridgehead atoms. The van der Waals surface area contributed by atoms with E-state index in [1.54, 1.807) is 17.1 Å². The Labute approximate surface area is 196 Å². The Morgan fingerprint density at radius 2 is 1.97 bits per heavy atom. The molecule has 0 unspecified atom stereocenters. The number of hydrogen-bond donors (Lipinski definition) is 2. The Morgan fingerprint density at radius 1 is 1.21 bits per heavy atom. The second kappa shape index (κ2) is 14.3. The van der Waals surface area contributed by atoms with E-state index in [2.05, 4.69) is 18.5 Å². The standard InChI is InChI=1S/C26H36N2O5/c1-3-5-14-25(31)33-19-23-13-9-15-28(23)26(32)21(10-4-2)17-24(30)27-22(18-29)16-20-11-7-6-8-12-20/h3-4,6-8,11-12,21-23,29H,1-2,5,9-10,13-19H2,(H,27,30)/t21-,22-,23+/m1/s1. The van der Waals surface area contributed by atoms with Crippen LogP contribution in [0.2, 0.25) is 0 Å². The maximum absolute atomic E-state index is 13.2. The molecule has 0 saturated carbocycles. The van der Waals surface area contributed by atoms with Crippen molar-refractivity contribution in [3.8, 4) is 0 Å². The molecule has 1 fully saturated rings. The van der Waals surface area contributed by atoms with Gasteiger partial charge < -0.3 is 20.1 Å². The number of allylic oxidation sites excluding steroid dienone is 2.